The van der Waals surface area contributed by atoms with E-state index in [4.69, 9.17) is 5.26 Å². The number of H-pyrrole nitrogens is 1. The fourth-order valence-electron chi connectivity index (χ4n) is 3.14. The average Bonchev–Trinajstić information content (AvgIpc) is 3.04. The van der Waals surface area contributed by atoms with Crippen LogP contribution in [0.15, 0.2) is 54.7 Å². The number of anilines is 1. The third-order valence-corrected chi connectivity index (χ3v) is 4.62. The van der Waals surface area contributed by atoms with Crippen LogP contribution in [0.4, 0.5) is 5.69 Å². The SMILES string of the molecule is N#Cc1cccc(NC(=O)C2CN(C(=O)c3c[nH]c4ccccc34)C2)c1. The van der Waals surface area contributed by atoms with Gasteiger partial charge in [-0.2, -0.15) is 5.26 Å². The fourth-order valence-corrected chi connectivity index (χ4v) is 3.14. The van der Waals surface area contributed by atoms with Crippen LogP contribution in [-0.2, 0) is 4.79 Å². The van der Waals surface area contributed by atoms with Gasteiger partial charge in [-0.1, -0.05) is 24.3 Å². The van der Waals surface area contributed by atoms with Gasteiger partial charge in [-0.3, -0.25) is 9.59 Å². The molecule has 0 saturated carbocycles. The molecule has 6 heteroatoms. The zero-order valence-electron chi connectivity index (χ0n) is 13.9. The maximum atomic E-state index is 12.7. The molecule has 2 amide bonds. The van der Waals surface area contributed by atoms with E-state index >= 15 is 0 Å². The van der Waals surface area contributed by atoms with E-state index in [0.717, 1.165) is 10.9 Å². The molecule has 3 aromatic rings. The third kappa shape index (κ3) is 2.80. The van der Waals surface area contributed by atoms with E-state index in [9.17, 15) is 9.59 Å². The Hall–Kier alpha value is -3.59. The molecular formula is C20H16N4O2. The van der Waals surface area contributed by atoms with E-state index in [-0.39, 0.29) is 17.7 Å². The number of fused-ring (bicyclic) bond motifs is 1. The molecule has 6 nitrogen and oxygen atoms in total. The minimum Gasteiger partial charge on any atom is -0.360 e. The van der Waals surface area contributed by atoms with Gasteiger partial charge < -0.3 is 15.2 Å². The van der Waals surface area contributed by atoms with Crippen LogP contribution in [-0.4, -0.2) is 34.8 Å². The molecule has 1 aromatic heterocycles. The van der Waals surface area contributed by atoms with Crippen LogP contribution >= 0.6 is 0 Å². The summed E-state index contributed by atoms with van der Waals surface area (Å²) in [6.07, 6.45) is 1.72. The molecule has 0 spiro atoms. The Morgan fingerprint density at radius 3 is 2.77 bits per heavy atom. The smallest absolute Gasteiger partial charge is 0.256 e. The van der Waals surface area contributed by atoms with E-state index in [1.165, 1.54) is 0 Å². The van der Waals surface area contributed by atoms with Crippen molar-refractivity contribution in [2.75, 3.05) is 18.4 Å². The van der Waals surface area contributed by atoms with Crippen LogP contribution in [0.3, 0.4) is 0 Å². The maximum absolute atomic E-state index is 12.7. The summed E-state index contributed by atoms with van der Waals surface area (Å²) in [5.41, 5.74) is 2.63. The molecule has 1 aliphatic rings. The molecule has 2 aromatic carbocycles. The molecule has 1 saturated heterocycles. The third-order valence-electron chi connectivity index (χ3n) is 4.62. The number of rotatable bonds is 3. The zero-order chi connectivity index (χ0) is 18.1. The van der Waals surface area contributed by atoms with Gasteiger partial charge in [0.2, 0.25) is 5.91 Å². The molecule has 2 N–H and O–H groups in total. The summed E-state index contributed by atoms with van der Waals surface area (Å²) in [5, 5.41) is 12.6. The lowest BCUT2D eigenvalue weighted by Crippen LogP contribution is -2.54. The Morgan fingerprint density at radius 1 is 1.15 bits per heavy atom. The molecule has 0 aliphatic carbocycles. The van der Waals surface area contributed by atoms with Gasteiger partial charge in [0.15, 0.2) is 0 Å². The first-order valence-electron chi connectivity index (χ1n) is 8.32. The van der Waals surface area contributed by atoms with Crippen molar-refractivity contribution in [3.05, 3.63) is 65.9 Å². The van der Waals surface area contributed by atoms with E-state index in [1.54, 1.807) is 35.4 Å². The Bertz CT molecular complexity index is 1040. The zero-order valence-corrected chi connectivity index (χ0v) is 13.9. The standard InChI is InChI=1S/C20H16N4O2/c21-9-13-4-3-5-15(8-13)23-19(25)14-11-24(12-14)20(26)17-10-22-18-7-2-1-6-16(17)18/h1-8,10,14,22H,11-12H2,(H,23,25). The van der Waals surface area contributed by atoms with Gasteiger partial charge in [0, 0.05) is 35.9 Å². The van der Waals surface area contributed by atoms with Crippen LogP contribution in [0.2, 0.25) is 0 Å². The van der Waals surface area contributed by atoms with Crippen molar-refractivity contribution in [1.82, 2.24) is 9.88 Å². The molecular weight excluding hydrogens is 328 g/mol. The maximum Gasteiger partial charge on any atom is 0.256 e. The first-order valence-corrected chi connectivity index (χ1v) is 8.32. The number of hydrogen-bond acceptors (Lipinski definition) is 3. The van der Waals surface area contributed by atoms with Crippen molar-refractivity contribution in [3.63, 3.8) is 0 Å². The second-order valence-electron chi connectivity index (χ2n) is 6.34. The van der Waals surface area contributed by atoms with Crippen molar-refractivity contribution >= 4 is 28.4 Å². The number of nitrogens with one attached hydrogen (secondary N) is 2. The number of nitriles is 1. The predicted octanol–water partition coefficient (Wildman–Crippen LogP) is 2.75. The Balaban J connectivity index is 1.39. The molecule has 1 aliphatic heterocycles. The Morgan fingerprint density at radius 2 is 1.96 bits per heavy atom. The second-order valence-corrected chi connectivity index (χ2v) is 6.34. The topological polar surface area (TPSA) is 89.0 Å². The van der Waals surface area contributed by atoms with Crippen molar-refractivity contribution in [3.8, 4) is 6.07 Å². The molecule has 0 bridgehead atoms. The average molecular weight is 344 g/mol. The van der Waals surface area contributed by atoms with Crippen LogP contribution < -0.4 is 5.32 Å². The van der Waals surface area contributed by atoms with E-state index in [2.05, 4.69) is 10.3 Å². The lowest BCUT2D eigenvalue weighted by Gasteiger charge is -2.38. The van der Waals surface area contributed by atoms with Gasteiger partial charge in [0.25, 0.3) is 5.91 Å². The lowest BCUT2D eigenvalue weighted by atomic mass is 9.97. The van der Waals surface area contributed by atoms with Crippen molar-refractivity contribution in [2.45, 2.75) is 0 Å². The van der Waals surface area contributed by atoms with Gasteiger partial charge in [0.1, 0.15) is 0 Å². The summed E-state index contributed by atoms with van der Waals surface area (Å²) in [5.74, 6) is -0.448. The number of carbonyl (C=O) groups excluding carboxylic acids is 2. The van der Waals surface area contributed by atoms with Crippen molar-refractivity contribution in [2.24, 2.45) is 5.92 Å². The summed E-state index contributed by atoms with van der Waals surface area (Å²) >= 11 is 0. The molecule has 26 heavy (non-hydrogen) atoms. The highest BCUT2D eigenvalue weighted by atomic mass is 16.2. The van der Waals surface area contributed by atoms with Crippen LogP contribution in [0.25, 0.3) is 10.9 Å². The van der Waals surface area contributed by atoms with Crippen molar-refractivity contribution < 1.29 is 9.59 Å². The monoisotopic (exact) mass is 344 g/mol. The number of aromatic amines is 1. The number of carbonyl (C=O) groups is 2. The number of amides is 2. The summed E-state index contributed by atoms with van der Waals surface area (Å²) in [6.45, 7) is 0.782. The number of likely N-dealkylation sites (tertiary alicyclic amines) is 1. The number of hydrogen-bond donors (Lipinski definition) is 2. The lowest BCUT2D eigenvalue weighted by molar-refractivity contribution is -0.123. The minimum atomic E-state index is -0.241. The highest BCUT2D eigenvalue weighted by Gasteiger charge is 2.36. The fraction of sp³-hybridized carbons (Fsp3) is 0.150. The molecule has 0 unspecified atom stereocenters. The normalized spacial score (nSPS) is 13.9. The second kappa shape index (κ2) is 6.37. The predicted molar refractivity (Wildman–Crippen MR) is 97.5 cm³/mol. The van der Waals surface area contributed by atoms with Gasteiger partial charge in [-0.25, -0.2) is 0 Å². The molecule has 0 atom stereocenters. The number of benzene rings is 2. The van der Waals surface area contributed by atoms with E-state index in [1.807, 2.05) is 30.3 Å². The van der Waals surface area contributed by atoms with Crippen LogP contribution in [0.1, 0.15) is 15.9 Å². The number of para-hydroxylation sites is 1. The van der Waals surface area contributed by atoms with Crippen molar-refractivity contribution in [1.29, 1.82) is 5.26 Å². The number of nitrogens with zero attached hydrogens (tertiary/aromatic N) is 2. The Kier molecular flexibility index (Phi) is 3.90. The summed E-state index contributed by atoms with van der Waals surface area (Å²) in [4.78, 5) is 29.7. The van der Waals surface area contributed by atoms with E-state index < -0.39 is 0 Å². The first kappa shape index (κ1) is 15.9. The van der Waals surface area contributed by atoms with Gasteiger partial charge >= 0.3 is 0 Å². The number of aromatic nitrogens is 1. The van der Waals surface area contributed by atoms with Gasteiger partial charge in [-0.05, 0) is 24.3 Å². The van der Waals surface area contributed by atoms with E-state index in [0.29, 0.717) is 29.9 Å². The largest absolute Gasteiger partial charge is 0.360 e. The summed E-state index contributed by atoms with van der Waals surface area (Å²) in [6, 6.07) is 16.5. The highest BCUT2D eigenvalue weighted by Crippen LogP contribution is 2.25. The minimum absolute atomic E-state index is 0.0713. The summed E-state index contributed by atoms with van der Waals surface area (Å²) < 4.78 is 0. The van der Waals surface area contributed by atoms with Gasteiger partial charge in [0.05, 0.1) is 23.1 Å². The molecule has 4 rings (SSSR count). The van der Waals surface area contributed by atoms with Crippen LogP contribution in [0, 0.1) is 17.2 Å². The molecule has 128 valence electrons. The molecule has 2 heterocycles. The molecule has 1 fully saturated rings. The Labute approximate surface area is 150 Å². The van der Waals surface area contributed by atoms with Crippen LogP contribution in [0.5, 0.6) is 0 Å². The summed E-state index contributed by atoms with van der Waals surface area (Å²) in [7, 11) is 0. The quantitative estimate of drug-likeness (QED) is 0.765. The highest BCUT2D eigenvalue weighted by molar-refractivity contribution is 6.07. The van der Waals surface area contributed by atoms with Gasteiger partial charge in [-0.15, -0.1) is 0 Å². The first-order chi connectivity index (χ1) is 12.7. The molecule has 0 radical (unpaired) electrons.